The van der Waals surface area contributed by atoms with E-state index in [9.17, 15) is 4.79 Å². The lowest BCUT2D eigenvalue weighted by atomic mass is 9.74. The van der Waals surface area contributed by atoms with Crippen LogP contribution in [0.15, 0.2) is 30.9 Å². The first kappa shape index (κ1) is 14.6. The Hall–Kier alpha value is -1.77. The van der Waals surface area contributed by atoms with Gasteiger partial charge in [-0.15, -0.1) is 6.58 Å². The van der Waals surface area contributed by atoms with Gasteiger partial charge in [-0.25, -0.2) is 0 Å². The monoisotopic (exact) mass is 272 g/mol. The van der Waals surface area contributed by atoms with E-state index in [1.165, 1.54) is 0 Å². The second kappa shape index (κ2) is 5.70. The SMILES string of the molecule is C=CCN1C(=O)C(CCC)(CCC)c2cc(N)ccc21. The number of carbonyl (C=O) groups excluding carboxylic acids is 1. The van der Waals surface area contributed by atoms with E-state index in [4.69, 9.17) is 5.73 Å². The smallest absolute Gasteiger partial charge is 0.238 e. The molecule has 1 amide bonds. The summed E-state index contributed by atoms with van der Waals surface area (Å²) >= 11 is 0. The highest BCUT2D eigenvalue weighted by Gasteiger charge is 2.48. The van der Waals surface area contributed by atoms with Gasteiger partial charge in [0.15, 0.2) is 0 Å². The molecule has 1 heterocycles. The van der Waals surface area contributed by atoms with Gasteiger partial charge < -0.3 is 10.6 Å². The summed E-state index contributed by atoms with van der Waals surface area (Å²) in [5.74, 6) is 0.210. The van der Waals surface area contributed by atoms with Crippen molar-refractivity contribution in [1.29, 1.82) is 0 Å². The van der Waals surface area contributed by atoms with Crippen LogP contribution in [-0.2, 0) is 10.2 Å². The average Bonchev–Trinajstić information content (AvgIpc) is 2.63. The molecule has 1 aliphatic rings. The van der Waals surface area contributed by atoms with Crippen LogP contribution in [0.2, 0.25) is 0 Å². The first-order valence-corrected chi connectivity index (χ1v) is 7.43. The van der Waals surface area contributed by atoms with E-state index < -0.39 is 5.41 Å². The molecule has 3 nitrogen and oxygen atoms in total. The van der Waals surface area contributed by atoms with Gasteiger partial charge in [-0.2, -0.15) is 0 Å². The predicted octanol–water partition coefficient (Wildman–Crippen LogP) is 3.64. The van der Waals surface area contributed by atoms with Gasteiger partial charge in [-0.05, 0) is 36.6 Å². The van der Waals surface area contributed by atoms with Gasteiger partial charge in [0.25, 0.3) is 0 Å². The van der Waals surface area contributed by atoms with Crippen molar-refractivity contribution in [3.63, 3.8) is 0 Å². The third-order valence-electron chi connectivity index (χ3n) is 4.15. The molecule has 0 aliphatic carbocycles. The van der Waals surface area contributed by atoms with Crippen LogP contribution in [-0.4, -0.2) is 12.5 Å². The zero-order valence-electron chi connectivity index (χ0n) is 12.5. The number of anilines is 2. The van der Waals surface area contributed by atoms with E-state index in [0.29, 0.717) is 6.54 Å². The molecule has 0 atom stereocenters. The lowest BCUT2D eigenvalue weighted by Gasteiger charge is -2.28. The minimum absolute atomic E-state index is 0.210. The van der Waals surface area contributed by atoms with Crippen molar-refractivity contribution in [2.24, 2.45) is 0 Å². The Labute approximate surface area is 121 Å². The van der Waals surface area contributed by atoms with Crippen LogP contribution in [0, 0.1) is 0 Å². The number of nitrogens with two attached hydrogens (primary N) is 1. The summed E-state index contributed by atoms with van der Waals surface area (Å²) in [6, 6.07) is 5.83. The van der Waals surface area contributed by atoms with Crippen molar-refractivity contribution in [1.82, 2.24) is 0 Å². The van der Waals surface area contributed by atoms with Crippen molar-refractivity contribution >= 4 is 17.3 Å². The van der Waals surface area contributed by atoms with Crippen LogP contribution < -0.4 is 10.6 Å². The van der Waals surface area contributed by atoms with Crippen LogP contribution in [0.25, 0.3) is 0 Å². The molecule has 0 saturated heterocycles. The number of nitrogen functional groups attached to an aromatic ring is 1. The second-order valence-electron chi connectivity index (χ2n) is 5.56. The van der Waals surface area contributed by atoms with Crippen LogP contribution in [0.3, 0.4) is 0 Å². The van der Waals surface area contributed by atoms with Gasteiger partial charge in [-0.3, -0.25) is 4.79 Å². The number of benzene rings is 1. The third kappa shape index (κ3) is 2.11. The third-order valence-corrected chi connectivity index (χ3v) is 4.15. The van der Waals surface area contributed by atoms with Crippen LogP contribution >= 0.6 is 0 Å². The molecule has 1 aliphatic heterocycles. The number of nitrogens with zero attached hydrogens (tertiary/aromatic N) is 1. The minimum Gasteiger partial charge on any atom is -0.399 e. The Morgan fingerprint density at radius 1 is 1.30 bits per heavy atom. The van der Waals surface area contributed by atoms with E-state index in [1.54, 1.807) is 6.08 Å². The number of hydrogen-bond donors (Lipinski definition) is 1. The Bertz CT molecular complexity index is 516. The molecule has 0 saturated carbocycles. The molecule has 0 fully saturated rings. The topological polar surface area (TPSA) is 46.3 Å². The number of fused-ring (bicyclic) bond motifs is 1. The van der Waals surface area contributed by atoms with Crippen molar-refractivity contribution in [2.75, 3.05) is 17.2 Å². The summed E-state index contributed by atoms with van der Waals surface area (Å²) in [7, 11) is 0. The largest absolute Gasteiger partial charge is 0.399 e. The van der Waals surface area contributed by atoms with Crippen molar-refractivity contribution in [3.8, 4) is 0 Å². The number of hydrogen-bond acceptors (Lipinski definition) is 2. The van der Waals surface area contributed by atoms with E-state index in [1.807, 2.05) is 23.1 Å². The van der Waals surface area contributed by atoms with Gasteiger partial charge >= 0.3 is 0 Å². The van der Waals surface area contributed by atoms with Gasteiger partial charge in [-0.1, -0.05) is 32.8 Å². The fourth-order valence-corrected chi connectivity index (χ4v) is 3.43. The maximum Gasteiger partial charge on any atom is 0.238 e. The maximum absolute atomic E-state index is 13.0. The first-order valence-electron chi connectivity index (χ1n) is 7.43. The molecule has 1 aromatic rings. The van der Waals surface area contributed by atoms with Gasteiger partial charge in [0.1, 0.15) is 0 Å². The van der Waals surface area contributed by atoms with E-state index in [2.05, 4.69) is 20.4 Å². The summed E-state index contributed by atoms with van der Waals surface area (Å²) in [6.07, 6.45) is 5.52. The molecular weight excluding hydrogens is 248 g/mol. The van der Waals surface area contributed by atoms with Gasteiger partial charge in [0, 0.05) is 17.9 Å². The normalized spacial score (nSPS) is 16.3. The van der Waals surface area contributed by atoms with Crippen molar-refractivity contribution in [2.45, 2.75) is 44.9 Å². The second-order valence-corrected chi connectivity index (χ2v) is 5.56. The Balaban J connectivity index is 2.60. The lowest BCUT2D eigenvalue weighted by Crippen LogP contribution is -2.40. The molecule has 0 radical (unpaired) electrons. The highest BCUT2D eigenvalue weighted by atomic mass is 16.2. The zero-order valence-corrected chi connectivity index (χ0v) is 12.5. The van der Waals surface area contributed by atoms with E-state index >= 15 is 0 Å². The first-order chi connectivity index (χ1) is 9.60. The summed E-state index contributed by atoms with van der Waals surface area (Å²) in [4.78, 5) is 14.9. The van der Waals surface area contributed by atoms with Gasteiger partial charge in [0.05, 0.1) is 5.41 Å². The molecule has 2 N–H and O–H groups in total. The van der Waals surface area contributed by atoms with Crippen LogP contribution in [0.4, 0.5) is 11.4 Å². The standard InChI is InChI=1S/C17H24N2O/c1-4-9-17(10-5-2)14-12-13(18)7-8-15(14)19(11-6-3)16(17)20/h6-8,12H,3-5,9-11,18H2,1-2H3. The van der Waals surface area contributed by atoms with Crippen molar-refractivity contribution in [3.05, 3.63) is 36.4 Å². The lowest BCUT2D eigenvalue weighted by molar-refractivity contribution is -0.123. The molecule has 1 aromatic carbocycles. The van der Waals surface area contributed by atoms with Crippen molar-refractivity contribution < 1.29 is 4.79 Å². The van der Waals surface area contributed by atoms with Crippen LogP contribution in [0.5, 0.6) is 0 Å². The van der Waals surface area contributed by atoms with E-state index in [-0.39, 0.29) is 5.91 Å². The fraction of sp³-hybridized carbons (Fsp3) is 0.471. The molecule has 3 heteroatoms. The molecular formula is C17H24N2O. The summed E-state index contributed by atoms with van der Waals surface area (Å²) in [5.41, 5.74) is 8.41. The number of amides is 1. The summed E-state index contributed by atoms with van der Waals surface area (Å²) in [6.45, 7) is 8.59. The Morgan fingerprint density at radius 2 is 1.95 bits per heavy atom. The minimum atomic E-state index is -0.392. The maximum atomic E-state index is 13.0. The molecule has 0 unspecified atom stereocenters. The summed E-state index contributed by atoms with van der Waals surface area (Å²) in [5, 5.41) is 0. The van der Waals surface area contributed by atoms with Crippen LogP contribution in [0.1, 0.15) is 45.1 Å². The molecule has 0 spiro atoms. The average molecular weight is 272 g/mol. The number of rotatable bonds is 6. The predicted molar refractivity (Wildman–Crippen MR) is 84.9 cm³/mol. The quantitative estimate of drug-likeness (QED) is 0.635. The van der Waals surface area contributed by atoms with E-state index in [0.717, 1.165) is 42.6 Å². The molecule has 20 heavy (non-hydrogen) atoms. The summed E-state index contributed by atoms with van der Waals surface area (Å²) < 4.78 is 0. The molecule has 2 rings (SSSR count). The Kier molecular flexibility index (Phi) is 4.17. The molecule has 0 aromatic heterocycles. The van der Waals surface area contributed by atoms with Gasteiger partial charge in [0.2, 0.25) is 5.91 Å². The number of carbonyl (C=O) groups is 1. The fourth-order valence-electron chi connectivity index (χ4n) is 3.43. The highest BCUT2D eigenvalue weighted by Crippen LogP contribution is 2.48. The zero-order chi connectivity index (χ0) is 14.8. The molecule has 0 bridgehead atoms. The Morgan fingerprint density at radius 3 is 2.50 bits per heavy atom. The molecule has 108 valence electrons. The highest BCUT2D eigenvalue weighted by molar-refractivity contribution is 6.08.